The molecule has 4 atom stereocenters. The summed E-state index contributed by atoms with van der Waals surface area (Å²) < 4.78 is 12.2. The molecule has 1 saturated heterocycles. The van der Waals surface area contributed by atoms with E-state index in [9.17, 15) is 14.7 Å². The molecule has 174 valence electrons. The van der Waals surface area contributed by atoms with E-state index in [1.54, 1.807) is 6.08 Å². The molecule has 1 aromatic carbocycles. The Morgan fingerprint density at radius 3 is 2.84 bits per heavy atom. The predicted molar refractivity (Wildman–Crippen MR) is 123 cm³/mol. The van der Waals surface area contributed by atoms with Crippen LogP contribution in [-0.4, -0.2) is 47.9 Å². The normalized spacial score (nSPS) is 26.0. The SMILES string of the molecule is CC/C=C\C=C/C(=O)NCCCC1CC2CC(O)C[C@H](Cc3cccc(C)c3C(=O)O1)O2. The molecule has 32 heavy (non-hydrogen) atoms. The highest BCUT2D eigenvalue weighted by Crippen LogP contribution is 2.30. The monoisotopic (exact) mass is 441 g/mol. The fourth-order valence-electron chi connectivity index (χ4n) is 4.49. The van der Waals surface area contributed by atoms with Crippen molar-refractivity contribution in [2.45, 2.75) is 83.2 Å². The molecule has 0 saturated carbocycles. The van der Waals surface area contributed by atoms with Crippen LogP contribution in [0.2, 0.25) is 0 Å². The van der Waals surface area contributed by atoms with Gasteiger partial charge in [-0.05, 0) is 56.6 Å². The quantitative estimate of drug-likeness (QED) is 0.291. The third-order valence-electron chi connectivity index (χ3n) is 6.00. The van der Waals surface area contributed by atoms with E-state index in [1.807, 2.05) is 44.2 Å². The van der Waals surface area contributed by atoms with Gasteiger partial charge in [0.1, 0.15) is 6.10 Å². The largest absolute Gasteiger partial charge is 0.459 e. The molecule has 1 fully saturated rings. The Morgan fingerprint density at radius 1 is 1.22 bits per heavy atom. The minimum atomic E-state index is -0.407. The molecule has 6 nitrogen and oxygen atoms in total. The number of aryl methyl sites for hydroxylation is 1. The van der Waals surface area contributed by atoms with Gasteiger partial charge in [-0.15, -0.1) is 0 Å². The van der Waals surface area contributed by atoms with Crippen LogP contribution in [0.1, 0.15) is 66.9 Å². The smallest absolute Gasteiger partial charge is 0.338 e. The van der Waals surface area contributed by atoms with Crippen molar-refractivity contribution in [2.24, 2.45) is 0 Å². The molecular formula is C26H35NO5. The number of nitrogens with one attached hydrogen (secondary N) is 1. The van der Waals surface area contributed by atoms with Crippen LogP contribution in [0.5, 0.6) is 0 Å². The van der Waals surface area contributed by atoms with E-state index in [2.05, 4.69) is 5.32 Å². The van der Waals surface area contributed by atoms with Crippen LogP contribution in [0.25, 0.3) is 0 Å². The first-order chi connectivity index (χ1) is 15.5. The highest BCUT2D eigenvalue weighted by atomic mass is 16.5. The molecule has 2 aliphatic heterocycles. The van der Waals surface area contributed by atoms with E-state index < -0.39 is 6.10 Å². The second-order valence-corrected chi connectivity index (χ2v) is 8.71. The first-order valence-corrected chi connectivity index (χ1v) is 11.7. The summed E-state index contributed by atoms with van der Waals surface area (Å²) in [6.45, 7) is 4.45. The van der Waals surface area contributed by atoms with Crippen molar-refractivity contribution in [2.75, 3.05) is 6.54 Å². The Labute approximate surface area is 190 Å². The number of allylic oxidation sites excluding steroid dienone is 3. The summed E-state index contributed by atoms with van der Waals surface area (Å²) in [4.78, 5) is 24.9. The third kappa shape index (κ3) is 7.04. The molecule has 0 radical (unpaired) electrons. The van der Waals surface area contributed by atoms with Gasteiger partial charge in [0.05, 0.1) is 23.9 Å². The van der Waals surface area contributed by atoms with Crippen LogP contribution in [0.3, 0.4) is 0 Å². The molecule has 1 aromatic rings. The summed E-state index contributed by atoms with van der Waals surface area (Å²) in [7, 11) is 0. The van der Waals surface area contributed by atoms with Gasteiger partial charge in [0.25, 0.3) is 0 Å². The third-order valence-corrected chi connectivity index (χ3v) is 6.00. The zero-order chi connectivity index (χ0) is 22.9. The van der Waals surface area contributed by atoms with E-state index in [0.29, 0.717) is 50.6 Å². The van der Waals surface area contributed by atoms with Gasteiger partial charge in [-0.1, -0.05) is 43.4 Å². The summed E-state index contributed by atoms with van der Waals surface area (Å²) in [5.74, 6) is -0.432. The van der Waals surface area contributed by atoms with Crippen LogP contribution in [-0.2, 0) is 20.7 Å². The first kappa shape index (κ1) is 24.2. The number of carbonyl (C=O) groups excluding carboxylic acids is 2. The standard InChI is InChI=1S/C26H35NO5/c1-3-4-5-6-12-24(29)27-13-8-11-21-17-23-16-20(28)15-22(31-23)14-19-10-7-9-18(2)25(19)26(30)32-21/h4-7,9-10,12,20-23,28H,3,8,11,13-17H2,1-2H3,(H,27,29)/b5-4-,12-6-/t20?,21?,22-,23?/m0/s1. The number of carbonyl (C=O) groups is 2. The van der Waals surface area contributed by atoms with Gasteiger partial charge in [0, 0.05) is 19.0 Å². The Kier molecular flexibility index (Phi) is 9.06. The van der Waals surface area contributed by atoms with Crippen molar-refractivity contribution in [3.8, 4) is 0 Å². The van der Waals surface area contributed by atoms with Gasteiger partial charge < -0.3 is 19.9 Å². The molecule has 2 aliphatic rings. The summed E-state index contributed by atoms with van der Waals surface area (Å²) in [6, 6.07) is 5.80. The molecule has 1 amide bonds. The summed E-state index contributed by atoms with van der Waals surface area (Å²) >= 11 is 0. The lowest BCUT2D eigenvalue weighted by molar-refractivity contribution is -0.117. The molecule has 3 rings (SSSR count). The van der Waals surface area contributed by atoms with Crippen molar-refractivity contribution in [1.29, 1.82) is 0 Å². The van der Waals surface area contributed by atoms with Crippen LogP contribution < -0.4 is 5.32 Å². The van der Waals surface area contributed by atoms with Gasteiger partial charge in [0.15, 0.2) is 0 Å². The van der Waals surface area contributed by atoms with E-state index in [-0.39, 0.29) is 30.2 Å². The van der Waals surface area contributed by atoms with Gasteiger partial charge in [0.2, 0.25) is 5.91 Å². The number of ether oxygens (including phenoxy) is 2. The fourth-order valence-corrected chi connectivity index (χ4v) is 4.49. The fraction of sp³-hybridized carbons (Fsp3) is 0.538. The van der Waals surface area contributed by atoms with Gasteiger partial charge in [-0.3, -0.25) is 4.79 Å². The minimum absolute atomic E-state index is 0.108. The number of rotatable bonds is 7. The maximum absolute atomic E-state index is 13.1. The number of esters is 1. The Hall–Kier alpha value is -2.44. The predicted octanol–water partition coefficient (Wildman–Crippen LogP) is 3.79. The van der Waals surface area contributed by atoms with Crippen molar-refractivity contribution < 1.29 is 24.2 Å². The van der Waals surface area contributed by atoms with Crippen LogP contribution in [0, 0.1) is 6.92 Å². The zero-order valence-corrected chi connectivity index (χ0v) is 19.1. The summed E-state index contributed by atoms with van der Waals surface area (Å²) in [5, 5.41) is 13.2. The lowest BCUT2D eigenvalue weighted by Crippen LogP contribution is -2.40. The Morgan fingerprint density at radius 2 is 2.03 bits per heavy atom. The number of amides is 1. The number of fused-ring (bicyclic) bond motifs is 3. The van der Waals surface area contributed by atoms with Crippen molar-refractivity contribution >= 4 is 11.9 Å². The highest BCUT2D eigenvalue weighted by molar-refractivity contribution is 5.93. The van der Waals surface area contributed by atoms with Crippen LogP contribution in [0.4, 0.5) is 0 Å². The van der Waals surface area contributed by atoms with E-state index in [0.717, 1.165) is 17.5 Å². The van der Waals surface area contributed by atoms with Gasteiger partial charge >= 0.3 is 5.97 Å². The minimum Gasteiger partial charge on any atom is -0.459 e. The molecular weight excluding hydrogens is 406 g/mol. The first-order valence-electron chi connectivity index (χ1n) is 11.7. The molecule has 2 heterocycles. The van der Waals surface area contributed by atoms with Gasteiger partial charge in [-0.2, -0.15) is 0 Å². The molecule has 2 N–H and O–H groups in total. The number of benzene rings is 1. The molecule has 6 heteroatoms. The van der Waals surface area contributed by atoms with E-state index in [4.69, 9.17) is 9.47 Å². The average molecular weight is 442 g/mol. The zero-order valence-electron chi connectivity index (χ0n) is 19.1. The summed E-state index contributed by atoms with van der Waals surface area (Å²) in [5.41, 5.74) is 2.40. The number of cyclic esters (lactones) is 1. The maximum Gasteiger partial charge on any atom is 0.338 e. The van der Waals surface area contributed by atoms with E-state index >= 15 is 0 Å². The Balaban J connectivity index is 1.64. The lowest BCUT2D eigenvalue weighted by atomic mass is 9.90. The molecule has 3 unspecified atom stereocenters. The van der Waals surface area contributed by atoms with Crippen LogP contribution in [0.15, 0.2) is 42.5 Å². The number of aliphatic hydroxyl groups excluding tert-OH is 1. The highest BCUT2D eigenvalue weighted by Gasteiger charge is 2.34. The van der Waals surface area contributed by atoms with Crippen LogP contribution >= 0.6 is 0 Å². The molecule has 0 spiro atoms. The maximum atomic E-state index is 13.1. The summed E-state index contributed by atoms with van der Waals surface area (Å²) in [6.07, 6.45) is 10.6. The topological polar surface area (TPSA) is 84.9 Å². The van der Waals surface area contributed by atoms with Crippen molar-refractivity contribution in [3.05, 3.63) is 59.2 Å². The molecule has 2 bridgehead atoms. The molecule has 0 aliphatic carbocycles. The number of aliphatic hydroxyl groups is 1. The Bertz CT molecular complexity index is 847. The number of hydrogen-bond donors (Lipinski definition) is 2. The second-order valence-electron chi connectivity index (χ2n) is 8.71. The van der Waals surface area contributed by atoms with Crippen molar-refractivity contribution in [1.82, 2.24) is 5.32 Å². The lowest BCUT2D eigenvalue weighted by Gasteiger charge is -2.36. The molecule has 0 aromatic heterocycles. The second kappa shape index (κ2) is 12.0. The van der Waals surface area contributed by atoms with Gasteiger partial charge in [-0.25, -0.2) is 4.79 Å². The van der Waals surface area contributed by atoms with Crippen molar-refractivity contribution in [3.63, 3.8) is 0 Å². The average Bonchev–Trinajstić information content (AvgIpc) is 2.73. The van der Waals surface area contributed by atoms with E-state index in [1.165, 1.54) is 6.08 Å². The number of hydrogen-bond acceptors (Lipinski definition) is 5.